The van der Waals surface area contributed by atoms with Crippen molar-refractivity contribution in [2.45, 2.75) is 32.1 Å². The predicted octanol–water partition coefficient (Wildman–Crippen LogP) is 4.13. The van der Waals surface area contributed by atoms with Gasteiger partial charge in [0.1, 0.15) is 6.29 Å². The number of rotatable bonds is 6. The van der Waals surface area contributed by atoms with Crippen LogP contribution in [-0.2, 0) is 18.3 Å². The third kappa shape index (κ3) is 2.94. The van der Waals surface area contributed by atoms with E-state index in [9.17, 15) is 4.79 Å². The Bertz CT molecular complexity index is 545. The zero-order valence-electron chi connectivity index (χ0n) is 10.7. The van der Waals surface area contributed by atoms with E-state index in [4.69, 9.17) is 11.6 Å². The van der Waals surface area contributed by atoms with Crippen LogP contribution in [0.25, 0.3) is 10.9 Å². The molecule has 0 bridgehead atoms. The number of aromatic nitrogens is 1. The van der Waals surface area contributed by atoms with Gasteiger partial charge in [-0.25, -0.2) is 0 Å². The molecular weight excluding hydrogens is 246 g/mol. The summed E-state index contributed by atoms with van der Waals surface area (Å²) in [6, 6.07) is 8.21. The maximum absolute atomic E-state index is 10.2. The molecule has 0 N–H and O–H groups in total. The van der Waals surface area contributed by atoms with Crippen molar-refractivity contribution in [3.8, 4) is 0 Å². The molecule has 0 amide bonds. The van der Waals surface area contributed by atoms with Gasteiger partial charge in [-0.15, -0.1) is 0 Å². The SMILES string of the molecule is Cn1c(CCCCCC=O)cc2cc(Cl)ccc21. The zero-order chi connectivity index (χ0) is 13.0. The molecule has 0 atom stereocenters. The number of carbonyl (C=O) groups excluding carboxylic acids is 1. The Morgan fingerprint density at radius 1 is 1.22 bits per heavy atom. The van der Waals surface area contributed by atoms with E-state index in [1.54, 1.807) is 0 Å². The quantitative estimate of drug-likeness (QED) is 0.567. The van der Waals surface area contributed by atoms with Crippen LogP contribution in [0.3, 0.4) is 0 Å². The number of fused-ring (bicyclic) bond motifs is 1. The van der Waals surface area contributed by atoms with Crippen LogP contribution in [0.4, 0.5) is 0 Å². The van der Waals surface area contributed by atoms with E-state index in [1.807, 2.05) is 12.1 Å². The van der Waals surface area contributed by atoms with E-state index in [2.05, 4.69) is 23.7 Å². The molecule has 2 rings (SSSR count). The van der Waals surface area contributed by atoms with Crippen LogP contribution >= 0.6 is 11.6 Å². The highest BCUT2D eigenvalue weighted by atomic mass is 35.5. The molecule has 0 aliphatic rings. The maximum Gasteiger partial charge on any atom is 0.119 e. The first kappa shape index (κ1) is 13.2. The smallest absolute Gasteiger partial charge is 0.119 e. The number of benzene rings is 1. The van der Waals surface area contributed by atoms with Crippen LogP contribution in [0.5, 0.6) is 0 Å². The zero-order valence-corrected chi connectivity index (χ0v) is 11.4. The van der Waals surface area contributed by atoms with Crippen molar-refractivity contribution >= 4 is 28.8 Å². The van der Waals surface area contributed by atoms with Crippen molar-refractivity contribution in [1.82, 2.24) is 4.57 Å². The third-order valence-electron chi connectivity index (χ3n) is 3.36. The van der Waals surface area contributed by atoms with E-state index < -0.39 is 0 Å². The van der Waals surface area contributed by atoms with Crippen molar-refractivity contribution in [1.29, 1.82) is 0 Å². The lowest BCUT2D eigenvalue weighted by Gasteiger charge is -2.03. The lowest BCUT2D eigenvalue weighted by Crippen LogP contribution is -1.96. The molecule has 0 spiro atoms. The van der Waals surface area contributed by atoms with Gasteiger partial charge < -0.3 is 9.36 Å². The lowest BCUT2D eigenvalue weighted by atomic mass is 10.1. The minimum absolute atomic E-state index is 0.685. The average Bonchev–Trinajstić information content (AvgIpc) is 2.65. The van der Waals surface area contributed by atoms with Gasteiger partial charge in [-0.05, 0) is 43.5 Å². The molecule has 1 aromatic heterocycles. The molecule has 0 saturated heterocycles. The van der Waals surface area contributed by atoms with E-state index in [0.717, 1.165) is 37.0 Å². The van der Waals surface area contributed by atoms with E-state index in [0.29, 0.717) is 6.42 Å². The van der Waals surface area contributed by atoms with Crippen molar-refractivity contribution in [2.24, 2.45) is 7.05 Å². The first-order chi connectivity index (χ1) is 8.72. The van der Waals surface area contributed by atoms with Gasteiger partial charge in [-0.2, -0.15) is 0 Å². The summed E-state index contributed by atoms with van der Waals surface area (Å²) in [7, 11) is 2.09. The summed E-state index contributed by atoms with van der Waals surface area (Å²) in [5.41, 5.74) is 2.56. The average molecular weight is 264 g/mol. The molecule has 18 heavy (non-hydrogen) atoms. The lowest BCUT2D eigenvalue weighted by molar-refractivity contribution is -0.107. The van der Waals surface area contributed by atoms with E-state index in [-0.39, 0.29) is 0 Å². The molecule has 2 aromatic rings. The third-order valence-corrected chi connectivity index (χ3v) is 3.59. The fraction of sp³-hybridized carbons (Fsp3) is 0.400. The number of carbonyl (C=O) groups is 1. The largest absolute Gasteiger partial charge is 0.348 e. The number of hydrogen-bond acceptors (Lipinski definition) is 1. The number of aryl methyl sites for hydroxylation is 2. The maximum atomic E-state index is 10.2. The normalized spacial score (nSPS) is 11.0. The topological polar surface area (TPSA) is 22.0 Å². The number of aldehydes is 1. The second-order valence-corrected chi connectivity index (χ2v) is 5.10. The Kier molecular flexibility index (Phi) is 4.43. The monoisotopic (exact) mass is 263 g/mol. The molecule has 0 radical (unpaired) electrons. The van der Waals surface area contributed by atoms with E-state index >= 15 is 0 Å². The molecule has 0 saturated carbocycles. The second kappa shape index (κ2) is 6.05. The van der Waals surface area contributed by atoms with Crippen LogP contribution in [0.1, 0.15) is 31.4 Å². The summed E-state index contributed by atoms with van der Waals surface area (Å²) in [6.07, 6.45) is 5.98. The summed E-state index contributed by atoms with van der Waals surface area (Å²) in [5.74, 6) is 0. The van der Waals surface area contributed by atoms with Gasteiger partial charge in [-0.3, -0.25) is 0 Å². The van der Waals surface area contributed by atoms with Gasteiger partial charge >= 0.3 is 0 Å². The van der Waals surface area contributed by atoms with Crippen molar-refractivity contribution in [3.05, 3.63) is 35.0 Å². The molecule has 0 aliphatic carbocycles. The van der Waals surface area contributed by atoms with Crippen molar-refractivity contribution in [2.75, 3.05) is 0 Å². The summed E-state index contributed by atoms with van der Waals surface area (Å²) in [4.78, 5) is 10.2. The highest BCUT2D eigenvalue weighted by Gasteiger charge is 2.05. The van der Waals surface area contributed by atoms with Crippen molar-refractivity contribution < 1.29 is 4.79 Å². The fourth-order valence-corrected chi connectivity index (χ4v) is 2.51. The van der Waals surface area contributed by atoms with Gasteiger partial charge in [0.25, 0.3) is 0 Å². The molecule has 0 unspecified atom stereocenters. The Morgan fingerprint density at radius 2 is 2.06 bits per heavy atom. The Balaban J connectivity index is 2.04. The van der Waals surface area contributed by atoms with Gasteiger partial charge in [0.05, 0.1) is 0 Å². The van der Waals surface area contributed by atoms with Gasteiger partial charge in [0, 0.05) is 35.1 Å². The first-order valence-corrected chi connectivity index (χ1v) is 6.77. The Morgan fingerprint density at radius 3 is 2.83 bits per heavy atom. The van der Waals surface area contributed by atoms with Crippen LogP contribution in [0.2, 0.25) is 5.02 Å². The fourth-order valence-electron chi connectivity index (χ4n) is 2.33. The minimum Gasteiger partial charge on any atom is -0.348 e. The number of halogens is 1. The Labute approximate surface area is 113 Å². The highest BCUT2D eigenvalue weighted by Crippen LogP contribution is 2.23. The van der Waals surface area contributed by atoms with E-state index in [1.165, 1.54) is 16.6 Å². The molecule has 3 heteroatoms. The molecule has 2 nitrogen and oxygen atoms in total. The number of nitrogens with zero attached hydrogens (tertiary/aromatic N) is 1. The van der Waals surface area contributed by atoms with Gasteiger partial charge in [0.15, 0.2) is 0 Å². The molecular formula is C15H18ClNO. The molecule has 0 fully saturated rings. The summed E-state index contributed by atoms with van der Waals surface area (Å²) in [5, 5.41) is 1.98. The summed E-state index contributed by atoms with van der Waals surface area (Å²) < 4.78 is 2.23. The minimum atomic E-state index is 0.685. The number of unbranched alkanes of at least 4 members (excludes halogenated alkanes) is 3. The van der Waals surface area contributed by atoms with Crippen LogP contribution in [0, 0.1) is 0 Å². The van der Waals surface area contributed by atoms with Crippen LogP contribution in [-0.4, -0.2) is 10.9 Å². The molecule has 1 heterocycles. The van der Waals surface area contributed by atoms with Crippen LogP contribution in [0.15, 0.2) is 24.3 Å². The highest BCUT2D eigenvalue weighted by molar-refractivity contribution is 6.31. The molecule has 0 aliphatic heterocycles. The van der Waals surface area contributed by atoms with Crippen LogP contribution < -0.4 is 0 Å². The predicted molar refractivity (Wildman–Crippen MR) is 76.2 cm³/mol. The number of hydrogen-bond donors (Lipinski definition) is 0. The second-order valence-electron chi connectivity index (χ2n) is 4.66. The molecule has 1 aromatic carbocycles. The van der Waals surface area contributed by atoms with Crippen molar-refractivity contribution in [3.63, 3.8) is 0 Å². The van der Waals surface area contributed by atoms with Gasteiger partial charge in [-0.1, -0.05) is 18.0 Å². The molecule has 96 valence electrons. The summed E-state index contributed by atoms with van der Waals surface area (Å²) >= 11 is 6.00. The first-order valence-electron chi connectivity index (χ1n) is 6.40. The van der Waals surface area contributed by atoms with Gasteiger partial charge in [0.2, 0.25) is 0 Å². The summed E-state index contributed by atoms with van der Waals surface area (Å²) in [6.45, 7) is 0. The standard InChI is InChI=1S/C15H18ClNO/c1-17-14(6-4-2-3-5-9-18)11-12-10-13(16)7-8-15(12)17/h7-11H,2-6H2,1H3. The Hall–Kier alpha value is -1.28.